The molecule has 0 aliphatic carbocycles. The molecule has 0 spiro atoms. The second kappa shape index (κ2) is 5.40. The molecule has 1 aromatic heterocycles. The van der Waals surface area contributed by atoms with Crippen molar-refractivity contribution in [2.45, 2.75) is 19.9 Å². The molecule has 0 atom stereocenters. The monoisotopic (exact) mass is 297 g/mol. The zero-order chi connectivity index (χ0) is 12.3. The number of benzene rings is 1. The lowest BCUT2D eigenvalue weighted by atomic mass is 10.1. The molecule has 0 saturated carbocycles. The van der Waals surface area contributed by atoms with Gasteiger partial charge in [0.15, 0.2) is 0 Å². The molecule has 5 heteroatoms. The van der Waals surface area contributed by atoms with E-state index in [2.05, 4.69) is 26.2 Å². The second-order valence-electron chi connectivity index (χ2n) is 3.92. The quantitative estimate of drug-likeness (QED) is 0.813. The maximum Gasteiger partial charge on any atom is 0.123 e. The Morgan fingerprint density at radius 3 is 3.00 bits per heavy atom. The molecule has 2 rings (SSSR count). The fraction of sp³-hybridized carbons (Fsp3) is 0.333. The van der Waals surface area contributed by atoms with Crippen molar-refractivity contribution in [3.05, 3.63) is 47.0 Å². The predicted octanol–water partition coefficient (Wildman–Crippen LogP) is 2.71. The highest BCUT2D eigenvalue weighted by molar-refractivity contribution is 9.09. The minimum Gasteiger partial charge on any atom is -0.248 e. The first-order valence-electron chi connectivity index (χ1n) is 5.39. The molecule has 0 amide bonds. The lowest BCUT2D eigenvalue weighted by molar-refractivity contribution is 0.612. The molecule has 1 heterocycles. The highest BCUT2D eigenvalue weighted by Gasteiger charge is 2.04. The second-order valence-corrected chi connectivity index (χ2v) is 4.71. The molecule has 2 aromatic rings. The average molecular weight is 298 g/mol. The number of hydrogen-bond donors (Lipinski definition) is 0. The minimum atomic E-state index is -0.216. The van der Waals surface area contributed by atoms with E-state index in [0.29, 0.717) is 6.54 Å². The van der Waals surface area contributed by atoms with Crippen LogP contribution in [-0.2, 0) is 13.0 Å². The van der Waals surface area contributed by atoms with Gasteiger partial charge < -0.3 is 0 Å². The first-order valence-corrected chi connectivity index (χ1v) is 6.51. The van der Waals surface area contributed by atoms with E-state index in [1.165, 1.54) is 6.07 Å². The normalized spacial score (nSPS) is 10.8. The van der Waals surface area contributed by atoms with Crippen molar-refractivity contribution < 1.29 is 4.39 Å². The average Bonchev–Trinajstić information content (AvgIpc) is 2.72. The SMILES string of the molecule is Cc1ccc(F)cc1Cn1cc(CCBr)nn1. The molecule has 3 nitrogen and oxygen atoms in total. The van der Waals surface area contributed by atoms with Gasteiger partial charge in [-0.1, -0.05) is 27.2 Å². The number of halogens is 2. The van der Waals surface area contributed by atoms with E-state index in [1.807, 2.05) is 13.1 Å². The summed E-state index contributed by atoms with van der Waals surface area (Å²) in [7, 11) is 0. The fourth-order valence-corrected chi connectivity index (χ4v) is 2.02. The molecule has 0 unspecified atom stereocenters. The summed E-state index contributed by atoms with van der Waals surface area (Å²) in [5.74, 6) is -0.216. The summed E-state index contributed by atoms with van der Waals surface area (Å²) in [6.07, 6.45) is 2.74. The van der Waals surface area contributed by atoms with Crippen molar-refractivity contribution in [3.63, 3.8) is 0 Å². The van der Waals surface area contributed by atoms with E-state index in [4.69, 9.17) is 0 Å². The van der Waals surface area contributed by atoms with Gasteiger partial charge in [-0.25, -0.2) is 9.07 Å². The van der Waals surface area contributed by atoms with Gasteiger partial charge in [-0.2, -0.15) is 0 Å². The first kappa shape index (κ1) is 12.2. The Labute approximate surface area is 108 Å². The lowest BCUT2D eigenvalue weighted by Crippen LogP contribution is -2.02. The highest BCUT2D eigenvalue weighted by atomic mass is 79.9. The maximum absolute atomic E-state index is 13.1. The van der Waals surface area contributed by atoms with E-state index in [1.54, 1.807) is 16.8 Å². The molecule has 17 heavy (non-hydrogen) atoms. The number of hydrogen-bond acceptors (Lipinski definition) is 2. The Morgan fingerprint density at radius 1 is 1.41 bits per heavy atom. The van der Waals surface area contributed by atoms with Crippen LogP contribution < -0.4 is 0 Å². The number of aromatic nitrogens is 3. The van der Waals surface area contributed by atoms with Crippen LogP contribution in [0.25, 0.3) is 0 Å². The van der Waals surface area contributed by atoms with Crippen LogP contribution in [0.3, 0.4) is 0 Å². The van der Waals surface area contributed by atoms with Crippen molar-refractivity contribution in [1.82, 2.24) is 15.0 Å². The van der Waals surface area contributed by atoms with Crippen LogP contribution in [-0.4, -0.2) is 20.3 Å². The Kier molecular flexibility index (Phi) is 3.89. The Balaban J connectivity index is 2.16. The molecule has 0 saturated heterocycles. The van der Waals surface area contributed by atoms with Crippen molar-refractivity contribution in [1.29, 1.82) is 0 Å². The summed E-state index contributed by atoms with van der Waals surface area (Å²) >= 11 is 3.36. The van der Waals surface area contributed by atoms with Crippen LogP contribution in [0.4, 0.5) is 4.39 Å². The largest absolute Gasteiger partial charge is 0.248 e. The zero-order valence-corrected chi connectivity index (χ0v) is 11.1. The summed E-state index contributed by atoms with van der Waals surface area (Å²) < 4.78 is 14.9. The van der Waals surface area contributed by atoms with Gasteiger partial charge in [-0.3, -0.25) is 0 Å². The number of aryl methyl sites for hydroxylation is 2. The summed E-state index contributed by atoms with van der Waals surface area (Å²) in [6, 6.07) is 4.79. The van der Waals surface area contributed by atoms with Gasteiger partial charge in [0.2, 0.25) is 0 Å². The van der Waals surface area contributed by atoms with Crippen LogP contribution in [0.15, 0.2) is 24.4 Å². The van der Waals surface area contributed by atoms with Gasteiger partial charge in [-0.05, 0) is 30.2 Å². The Morgan fingerprint density at radius 2 is 2.24 bits per heavy atom. The summed E-state index contributed by atoms with van der Waals surface area (Å²) in [5, 5.41) is 8.93. The molecular formula is C12H13BrFN3. The molecular weight excluding hydrogens is 285 g/mol. The van der Waals surface area contributed by atoms with Gasteiger partial charge in [0, 0.05) is 17.9 Å². The van der Waals surface area contributed by atoms with E-state index >= 15 is 0 Å². The number of rotatable bonds is 4. The molecule has 0 aliphatic rings. The third kappa shape index (κ3) is 3.12. The molecule has 0 bridgehead atoms. The van der Waals surface area contributed by atoms with Crippen LogP contribution in [0.2, 0.25) is 0 Å². The van der Waals surface area contributed by atoms with Crippen LogP contribution in [0.5, 0.6) is 0 Å². The maximum atomic E-state index is 13.1. The van der Waals surface area contributed by atoms with E-state index in [-0.39, 0.29) is 5.82 Å². The Bertz CT molecular complexity index is 510. The van der Waals surface area contributed by atoms with E-state index < -0.39 is 0 Å². The zero-order valence-electron chi connectivity index (χ0n) is 9.53. The van der Waals surface area contributed by atoms with Gasteiger partial charge >= 0.3 is 0 Å². The topological polar surface area (TPSA) is 30.7 Å². The first-order chi connectivity index (χ1) is 8.19. The lowest BCUT2D eigenvalue weighted by Gasteiger charge is -2.05. The standard InChI is InChI=1S/C12H13BrFN3/c1-9-2-3-11(14)6-10(9)7-17-8-12(4-5-13)15-16-17/h2-3,6,8H,4-5,7H2,1H3. The number of alkyl halides is 1. The summed E-state index contributed by atoms with van der Waals surface area (Å²) in [4.78, 5) is 0. The van der Waals surface area contributed by atoms with Crippen molar-refractivity contribution >= 4 is 15.9 Å². The van der Waals surface area contributed by atoms with Gasteiger partial charge in [0.1, 0.15) is 5.82 Å². The van der Waals surface area contributed by atoms with Crippen LogP contribution in [0.1, 0.15) is 16.8 Å². The number of nitrogens with zero attached hydrogens (tertiary/aromatic N) is 3. The van der Waals surface area contributed by atoms with Crippen LogP contribution in [0, 0.1) is 12.7 Å². The van der Waals surface area contributed by atoms with Crippen LogP contribution >= 0.6 is 15.9 Å². The third-order valence-electron chi connectivity index (χ3n) is 2.58. The molecule has 0 radical (unpaired) electrons. The van der Waals surface area contributed by atoms with E-state index in [0.717, 1.165) is 28.6 Å². The van der Waals surface area contributed by atoms with Crippen molar-refractivity contribution in [2.24, 2.45) is 0 Å². The van der Waals surface area contributed by atoms with Gasteiger partial charge in [0.25, 0.3) is 0 Å². The highest BCUT2D eigenvalue weighted by Crippen LogP contribution is 2.11. The van der Waals surface area contributed by atoms with Crippen molar-refractivity contribution in [2.75, 3.05) is 5.33 Å². The molecule has 1 aromatic carbocycles. The fourth-order valence-electron chi connectivity index (χ4n) is 1.61. The third-order valence-corrected chi connectivity index (χ3v) is 2.98. The Hall–Kier alpha value is -1.23. The van der Waals surface area contributed by atoms with Gasteiger partial charge in [0.05, 0.1) is 12.2 Å². The smallest absolute Gasteiger partial charge is 0.123 e. The minimum absolute atomic E-state index is 0.216. The van der Waals surface area contributed by atoms with Crippen molar-refractivity contribution in [3.8, 4) is 0 Å². The van der Waals surface area contributed by atoms with Gasteiger partial charge in [-0.15, -0.1) is 5.10 Å². The van der Waals surface area contributed by atoms with E-state index in [9.17, 15) is 4.39 Å². The molecule has 90 valence electrons. The predicted molar refractivity (Wildman–Crippen MR) is 67.8 cm³/mol. The summed E-state index contributed by atoms with van der Waals surface area (Å²) in [5.41, 5.74) is 2.93. The molecule has 0 fully saturated rings. The molecule has 0 aliphatic heterocycles. The summed E-state index contributed by atoms with van der Waals surface area (Å²) in [6.45, 7) is 2.52. The molecule has 0 N–H and O–H groups in total.